The SMILES string of the molecule is Cc1ccc(C(=O)N2C[C@H]3CN(Cc4ccccn4)C[C@H]3C2)o1. The Labute approximate surface area is 135 Å². The van der Waals surface area contributed by atoms with Crippen molar-refractivity contribution in [2.45, 2.75) is 13.5 Å². The smallest absolute Gasteiger partial charge is 0.289 e. The van der Waals surface area contributed by atoms with Gasteiger partial charge in [0.2, 0.25) is 0 Å². The lowest BCUT2D eigenvalue weighted by molar-refractivity contribution is 0.0740. The number of aromatic nitrogens is 1. The van der Waals surface area contributed by atoms with Crippen molar-refractivity contribution in [2.24, 2.45) is 11.8 Å². The first kappa shape index (κ1) is 14.5. The summed E-state index contributed by atoms with van der Waals surface area (Å²) in [5.41, 5.74) is 1.12. The van der Waals surface area contributed by atoms with Gasteiger partial charge < -0.3 is 9.32 Å². The largest absolute Gasteiger partial charge is 0.456 e. The molecule has 1 amide bonds. The highest BCUT2D eigenvalue weighted by Gasteiger charge is 2.42. The van der Waals surface area contributed by atoms with Gasteiger partial charge in [-0.15, -0.1) is 0 Å². The van der Waals surface area contributed by atoms with E-state index in [0.717, 1.165) is 44.2 Å². The predicted molar refractivity (Wildman–Crippen MR) is 85.8 cm³/mol. The van der Waals surface area contributed by atoms with Crippen molar-refractivity contribution in [2.75, 3.05) is 26.2 Å². The van der Waals surface area contributed by atoms with Crippen molar-refractivity contribution in [3.8, 4) is 0 Å². The summed E-state index contributed by atoms with van der Waals surface area (Å²) in [6.45, 7) is 6.53. The van der Waals surface area contributed by atoms with Crippen LogP contribution in [0, 0.1) is 18.8 Å². The number of carbonyl (C=O) groups is 1. The van der Waals surface area contributed by atoms with Crippen LogP contribution in [0.2, 0.25) is 0 Å². The molecule has 0 saturated carbocycles. The molecule has 5 nitrogen and oxygen atoms in total. The van der Waals surface area contributed by atoms with E-state index in [0.29, 0.717) is 17.6 Å². The number of nitrogens with zero attached hydrogens (tertiary/aromatic N) is 3. The summed E-state index contributed by atoms with van der Waals surface area (Å²) in [6.07, 6.45) is 1.85. The van der Waals surface area contributed by atoms with Gasteiger partial charge in [0.15, 0.2) is 5.76 Å². The van der Waals surface area contributed by atoms with Gasteiger partial charge in [-0.25, -0.2) is 0 Å². The second-order valence-electron chi connectivity index (χ2n) is 6.66. The van der Waals surface area contributed by atoms with Gasteiger partial charge in [-0.05, 0) is 43.0 Å². The lowest BCUT2D eigenvalue weighted by Gasteiger charge is -2.20. The molecule has 2 atom stereocenters. The van der Waals surface area contributed by atoms with E-state index in [1.165, 1.54) is 0 Å². The number of rotatable bonds is 3. The molecule has 4 heterocycles. The highest BCUT2D eigenvalue weighted by Crippen LogP contribution is 2.32. The predicted octanol–water partition coefficient (Wildman–Crippen LogP) is 2.19. The topological polar surface area (TPSA) is 49.6 Å². The summed E-state index contributed by atoms with van der Waals surface area (Å²) in [6, 6.07) is 9.67. The number of pyridine rings is 1. The fraction of sp³-hybridized carbons (Fsp3) is 0.444. The van der Waals surface area contributed by atoms with E-state index in [2.05, 4.69) is 16.0 Å². The minimum atomic E-state index is 0.0313. The molecule has 2 fully saturated rings. The fourth-order valence-electron chi connectivity index (χ4n) is 3.81. The third-order valence-corrected chi connectivity index (χ3v) is 4.91. The molecule has 23 heavy (non-hydrogen) atoms. The highest BCUT2D eigenvalue weighted by atomic mass is 16.3. The summed E-state index contributed by atoms with van der Waals surface area (Å²) in [5, 5.41) is 0. The standard InChI is InChI=1S/C18H21N3O2/c1-13-5-6-17(23-13)18(22)21-10-14-8-20(9-15(14)11-21)12-16-4-2-3-7-19-16/h2-7,14-15H,8-12H2,1H3/t14-,15+. The van der Waals surface area contributed by atoms with Gasteiger partial charge in [-0.3, -0.25) is 14.7 Å². The summed E-state index contributed by atoms with van der Waals surface area (Å²) < 4.78 is 5.47. The van der Waals surface area contributed by atoms with Crippen LogP contribution in [0.25, 0.3) is 0 Å². The maximum Gasteiger partial charge on any atom is 0.289 e. The molecule has 2 aliphatic heterocycles. The van der Waals surface area contributed by atoms with Crippen LogP contribution in [0.15, 0.2) is 40.9 Å². The van der Waals surface area contributed by atoms with E-state index in [4.69, 9.17) is 4.42 Å². The van der Waals surface area contributed by atoms with Crippen LogP contribution >= 0.6 is 0 Å². The molecule has 0 unspecified atom stereocenters. The van der Waals surface area contributed by atoms with Gasteiger partial charge in [0, 0.05) is 38.9 Å². The van der Waals surface area contributed by atoms with Crippen molar-refractivity contribution in [1.29, 1.82) is 0 Å². The monoisotopic (exact) mass is 311 g/mol. The van der Waals surface area contributed by atoms with Crippen LogP contribution in [0.4, 0.5) is 0 Å². The van der Waals surface area contributed by atoms with E-state index in [1.54, 1.807) is 6.07 Å². The maximum absolute atomic E-state index is 12.5. The molecule has 0 spiro atoms. The first-order chi connectivity index (χ1) is 11.2. The van der Waals surface area contributed by atoms with Crippen molar-refractivity contribution < 1.29 is 9.21 Å². The zero-order valence-corrected chi connectivity index (χ0v) is 13.3. The normalized spacial score (nSPS) is 24.1. The summed E-state index contributed by atoms with van der Waals surface area (Å²) in [5.74, 6) is 2.42. The van der Waals surface area contributed by atoms with Crippen LogP contribution in [0.3, 0.4) is 0 Å². The number of hydrogen-bond acceptors (Lipinski definition) is 4. The van der Waals surface area contributed by atoms with Crippen LogP contribution < -0.4 is 0 Å². The number of hydrogen-bond donors (Lipinski definition) is 0. The third-order valence-electron chi connectivity index (χ3n) is 4.91. The van der Waals surface area contributed by atoms with Crippen LogP contribution in [-0.4, -0.2) is 46.9 Å². The lowest BCUT2D eigenvalue weighted by atomic mass is 10.0. The Morgan fingerprint density at radius 3 is 2.57 bits per heavy atom. The van der Waals surface area contributed by atoms with Gasteiger partial charge in [-0.1, -0.05) is 6.07 Å². The second kappa shape index (κ2) is 5.81. The van der Waals surface area contributed by atoms with E-state index in [1.807, 2.05) is 36.2 Å². The summed E-state index contributed by atoms with van der Waals surface area (Å²) >= 11 is 0. The molecule has 5 heteroatoms. The van der Waals surface area contributed by atoms with Gasteiger partial charge in [0.25, 0.3) is 5.91 Å². The number of amides is 1. The van der Waals surface area contributed by atoms with E-state index in [9.17, 15) is 4.79 Å². The van der Waals surface area contributed by atoms with Gasteiger partial charge in [-0.2, -0.15) is 0 Å². The highest BCUT2D eigenvalue weighted by molar-refractivity contribution is 5.91. The van der Waals surface area contributed by atoms with Crippen LogP contribution in [0.1, 0.15) is 22.0 Å². The number of likely N-dealkylation sites (tertiary alicyclic amines) is 2. The van der Waals surface area contributed by atoms with Crippen molar-refractivity contribution in [3.63, 3.8) is 0 Å². The molecule has 0 bridgehead atoms. The molecule has 2 aromatic rings. The Kier molecular flexibility index (Phi) is 3.65. The Morgan fingerprint density at radius 2 is 1.96 bits per heavy atom. The van der Waals surface area contributed by atoms with E-state index >= 15 is 0 Å². The zero-order valence-electron chi connectivity index (χ0n) is 13.3. The van der Waals surface area contributed by atoms with Crippen molar-refractivity contribution in [1.82, 2.24) is 14.8 Å². The van der Waals surface area contributed by atoms with E-state index < -0.39 is 0 Å². The zero-order chi connectivity index (χ0) is 15.8. The Balaban J connectivity index is 1.36. The Morgan fingerprint density at radius 1 is 1.17 bits per heavy atom. The molecule has 120 valence electrons. The number of fused-ring (bicyclic) bond motifs is 1. The lowest BCUT2D eigenvalue weighted by Crippen LogP contribution is -2.33. The number of aryl methyl sites for hydroxylation is 1. The number of furan rings is 1. The third kappa shape index (κ3) is 2.88. The van der Waals surface area contributed by atoms with Gasteiger partial charge in [0.1, 0.15) is 5.76 Å². The minimum absolute atomic E-state index is 0.0313. The molecule has 0 aromatic carbocycles. The summed E-state index contributed by atoms with van der Waals surface area (Å²) in [4.78, 5) is 21.3. The van der Waals surface area contributed by atoms with Crippen molar-refractivity contribution >= 4 is 5.91 Å². The molecule has 2 aliphatic rings. The minimum Gasteiger partial charge on any atom is -0.456 e. The van der Waals surface area contributed by atoms with E-state index in [-0.39, 0.29) is 5.91 Å². The Bertz CT molecular complexity index is 683. The molecule has 0 radical (unpaired) electrons. The molecular weight excluding hydrogens is 290 g/mol. The average molecular weight is 311 g/mol. The van der Waals surface area contributed by atoms with Gasteiger partial charge >= 0.3 is 0 Å². The molecule has 2 saturated heterocycles. The maximum atomic E-state index is 12.5. The average Bonchev–Trinajstić information content (AvgIpc) is 3.22. The quantitative estimate of drug-likeness (QED) is 0.872. The molecule has 0 aliphatic carbocycles. The molecule has 0 N–H and O–H groups in total. The first-order valence-electron chi connectivity index (χ1n) is 8.17. The number of carbonyl (C=O) groups excluding carboxylic acids is 1. The second-order valence-corrected chi connectivity index (χ2v) is 6.66. The Hall–Kier alpha value is -2.14. The van der Waals surface area contributed by atoms with Gasteiger partial charge in [0.05, 0.1) is 5.69 Å². The van der Waals surface area contributed by atoms with Crippen molar-refractivity contribution in [3.05, 3.63) is 53.7 Å². The molecular formula is C18H21N3O2. The first-order valence-corrected chi connectivity index (χ1v) is 8.17. The van der Waals surface area contributed by atoms with Crippen LogP contribution in [0.5, 0.6) is 0 Å². The van der Waals surface area contributed by atoms with Crippen LogP contribution in [-0.2, 0) is 6.54 Å². The summed E-state index contributed by atoms with van der Waals surface area (Å²) in [7, 11) is 0. The molecule has 4 rings (SSSR count). The molecule has 2 aromatic heterocycles. The fourth-order valence-corrected chi connectivity index (χ4v) is 3.81.